The van der Waals surface area contributed by atoms with Gasteiger partial charge in [-0.15, -0.1) is 10.1 Å². The standard InChI is InChI=1S/C11H16N2O8S/c1-11(22,5-8(14)20-6-21-13(18)19)10(17)12-4-2-3-7(12)9(15)16/h7,22H,2-6H2,1H3,(H,15,16)/t7-,11-/m0/s1. The minimum atomic E-state index is -1.48. The second-order valence-electron chi connectivity index (χ2n) is 4.93. The highest BCUT2D eigenvalue weighted by Gasteiger charge is 2.42. The molecule has 124 valence electrons. The van der Waals surface area contributed by atoms with Gasteiger partial charge in [-0.3, -0.25) is 14.4 Å². The summed E-state index contributed by atoms with van der Waals surface area (Å²) in [5, 5.41) is 17.8. The summed E-state index contributed by atoms with van der Waals surface area (Å²) < 4.78 is 2.95. The number of carbonyl (C=O) groups is 3. The van der Waals surface area contributed by atoms with Crippen molar-refractivity contribution in [3.63, 3.8) is 0 Å². The van der Waals surface area contributed by atoms with Gasteiger partial charge < -0.3 is 14.7 Å². The maximum Gasteiger partial charge on any atom is 0.326 e. The summed E-state index contributed by atoms with van der Waals surface area (Å²) in [6.07, 6.45) is 0.415. The van der Waals surface area contributed by atoms with Crippen LogP contribution in [0.5, 0.6) is 0 Å². The molecule has 0 spiro atoms. The highest BCUT2D eigenvalue weighted by molar-refractivity contribution is 7.82. The molecule has 2 atom stereocenters. The first kappa shape index (κ1) is 18.0. The summed E-state index contributed by atoms with van der Waals surface area (Å²) in [7, 11) is 0. The number of nitrogens with zero attached hydrogens (tertiary/aromatic N) is 2. The van der Waals surface area contributed by atoms with E-state index in [0.717, 1.165) is 4.90 Å². The van der Waals surface area contributed by atoms with Crippen molar-refractivity contribution in [2.75, 3.05) is 13.3 Å². The number of carboxylic acids is 1. The normalized spacial score (nSPS) is 20.1. The van der Waals surface area contributed by atoms with E-state index in [1.807, 2.05) is 0 Å². The van der Waals surface area contributed by atoms with Crippen molar-refractivity contribution in [3.05, 3.63) is 10.1 Å². The van der Waals surface area contributed by atoms with Gasteiger partial charge in [0.05, 0.1) is 11.2 Å². The van der Waals surface area contributed by atoms with Crippen LogP contribution in [0, 0.1) is 10.1 Å². The smallest absolute Gasteiger partial charge is 0.326 e. The van der Waals surface area contributed by atoms with Crippen LogP contribution in [0.4, 0.5) is 0 Å². The lowest BCUT2D eigenvalue weighted by Gasteiger charge is -2.30. The van der Waals surface area contributed by atoms with Crippen molar-refractivity contribution in [3.8, 4) is 0 Å². The van der Waals surface area contributed by atoms with Crippen LogP contribution in [-0.2, 0) is 24.0 Å². The molecule has 0 saturated carbocycles. The fourth-order valence-electron chi connectivity index (χ4n) is 2.12. The largest absolute Gasteiger partial charge is 0.480 e. The van der Waals surface area contributed by atoms with Crippen molar-refractivity contribution in [2.24, 2.45) is 0 Å². The van der Waals surface area contributed by atoms with Gasteiger partial charge in [-0.1, -0.05) is 0 Å². The van der Waals surface area contributed by atoms with Crippen LogP contribution < -0.4 is 0 Å². The lowest BCUT2D eigenvalue weighted by Crippen LogP contribution is -2.49. The number of rotatable bonds is 7. The van der Waals surface area contributed by atoms with E-state index in [4.69, 9.17) is 5.11 Å². The molecule has 0 unspecified atom stereocenters. The van der Waals surface area contributed by atoms with Crippen LogP contribution in [0.2, 0.25) is 0 Å². The summed E-state index contributed by atoms with van der Waals surface area (Å²) in [5.74, 6) is -2.64. The van der Waals surface area contributed by atoms with Crippen molar-refractivity contribution in [1.29, 1.82) is 0 Å². The number of carbonyl (C=O) groups excluding carboxylic acids is 2. The highest BCUT2D eigenvalue weighted by atomic mass is 32.1. The van der Waals surface area contributed by atoms with E-state index in [2.05, 4.69) is 22.2 Å². The van der Waals surface area contributed by atoms with Crippen LogP contribution in [-0.4, -0.2) is 57.1 Å². The molecule has 1 amide bonds. The van der Waals surface area contributed by atoms with Crippen LogP contribution in [0.1, 0.15) is 26.2 Å². The maximum atomic E-state index is 12.3. The summed E-state index contributed by atoms with van der Waals surface area (Å²) in [5.41, 5.74) is 0. The maximum absolute atomic E-state index is 12.3. The van der Waals surface area contributed by atoms with Gasteiger partial charge in [0.25, 0.3) is 5.09 Å². The molecule has 10 nitrogen and oxygen atoms in total. The molecule has 1 N–H and O–H groups in total. The predicted molar refractivity (Wildman–Crippen MR) is 73.4 cm³/mol. The van der Waals surface area contributed by atoms with Crippen LogP contribution >= 0.6 is 12.6 Å². The number of ether oxygens (including phenoxy) is 1. The zero-order valence-corrected chi connectivity index (χ0v) is 12.7. The van der Waals surface area contributed by atoms with Crippen molar-refractivity contribution in [1.82, 2.24) is 4.90 Å². The van der Waals surface area contributed by atoms with Gasteiger partial charge in [0.2, 0.25) is 12.7 Å². The third-order valence-electron chi connectivity index (χ3n) is 3.13. The molecule has 1 saturated heterocycles. The summed E-state index contributed by atoms with van der Waals surface area (Å²) in [6.45, 7) is 0.738. The van der Waals surface area contributed by atoms with E-state index in [1.54, 1.807) is 0 Å². The zero-order chi connectivity index (χ0) is 16.9. The Hall–Kier alpha value is -2.04. The minimum Gasteiger partial charge on any atom is -0.480 e. The molecule has 1 aliphatic heterocycles. The minimum absolute atomic E-state index is 0.269. The van der Waals surface area contributed by atoms with E-state index < -0.39 is 46.9 Å². The Morgan fingerprint density at radius 2 is 2.14 bits per heavy atom. The second-order valence-corrected chi connectivity index (χ2v) is 5.92. The Bertz CT molecular complexity index is 481. The number of thiol groups is 1. The number of hydrogen-bond donors (Lipinski definition) is 2. The number of amides is 1. The third-order valence-corrected chi connectivity index (χ3v) is 3.48. The van der Waals surface area contributed by atoms with Gasteiger partial charge in [-0.2, -0.15) is 12.6 Å². The van der Waals surface area contributed by atoms with Gasteiger partial charge in [0.1, 0.15) is 6.04 Å². The molecular formula is C11H16N2O8S. The number of likely N-dealkylation sites (tertiary alicyclic amines) is 1. The molecule has 11 heteroatoms. The summed E-state index contributed by atoms with van der Waals surface area (Å²) in [6, 6.07) is -0.937. The lowest BCUT2D eigenvalue weighted by molar-refractivity contribution is -0.765. The molecule has 0 aromatic carbocycles. The average Bonchev–Trinajstić information content (AvgIpc) is 2.85. The van der Waals surface area contributed by atoms with Gasteiger partial charge in [-0.25, -0.2) is 4.79 Å². The third kappa shape index (κ3) is 4.76. The van der Waals surface area contributed by atoms with Crippen molar-refractivity contribution >= 4 is 30.5 Å². The number of esters is 1. The highest BCUT2D eigenvalue weighted by Crippen LogP contribution is 2.27. The molecule has 1 aliphatic rings. The Morgan fingerprint density at radius 1 is 1.50 bits per heavy atom. The van der Waals surface area contributed by atoms with E-state index in [-0.39, 0.29) is 6.54 Å². The first-order valence-corrected chi connectivity index (χ1v) is 6.79. The molecule has 0 aromatic rings. The van der Waals surface area contributed by atoms with Gasteiger partial charge >= 0.3 is 11.9 Å². The van der Waals surface area contributed by atoms with Crippen molar-refractivity contribution in [2.45, 2.75) is 37.0 Å². The van der Waals surface area contributed by atoms with Gasteiger partial charge in [0.15, 0.2) is 0 Å². The molecule has 1 heterocycles. The summed E-state index contributed by atoms with van der Waals surface area (Å²) >= 11 is 4.11. The molecule has 1 fully saturated rings. The monoisotopic (exact) mass is 336 g/mol. The van der Waals surface area contributed by atoms with Gasteiger partial charge in [0, 0.05) is 6.54 Å². The average molecular weight is 336 g/mol. The van der Waals surface area contributed by atoms with Crippen molar-refractivity contribution < 1.29 is 34.2 Å². The fraction of sp³-hybridized carbons (Fsp3) is 0.727. The van der Waals surface area contributed by atoms with E-state index >= 15 is 0 Å². The van der Waals surface area contributed by atoms with Crippen LogP contribution in [0.15, 0.2) is 0 Å². The number of carboxylic acid groups (broad SMARTS) is 1. The topological polar surface area (TPSA) is 136 Å². The lowest BCUT2D eigenvalue weighted by atomic mass is 10.0. The molecule has 22 heavy (non-hydrogen) atoms. The van der Waals surface area contributed by atoms with Gasteiger partial charge in [-0.05, 0) is 19.8 Å². The molecule has 0 radical (unpaired) electrons. The fourth-order valence-corrected chi connectivity index (χ4v) is 2.38. The number of hydrogen-bond acceptors (Lipinski definition) is 8. The Labute approximate surface area is 130 Å². The van der Waals surface area contributed by atoms with Crippen LogP contribution in [0.3, 0.4) is 0 Å². The van der Waals surface area contributed by atoms with Crippen LogP contribution in [0.25, 0.3) is 0 Å². The Morgan fingerprint density at radius 3 is 2.68 bits per heavy atom. The zero-order valence-electron chi connectivity index (χ0n) is 11.8. The number of aliphatic carboxylic acids is 1. The Balaban J connectivity index is 2.60. The Kier molecular flexibility index (Phi) is 5.97. The molecular weight excluding hydrogens is 320 g/mol. The molecule has 1 rings (SSSR count). The molecule has 0 aliphatic carbocycles. The van der Waals surface area contributed by atoms with E-state index in [1.165, 1.54) is 6.92 Å². The summed E-state index contributed by atoms with van der Waals surface area (Å²) in [4.78, 5) is 49.8. The second kappa shape index (κ2) is 7.29. The predicted octanol–water partition coefficient (Wildman–Crippen LogP) is -0.150. The first-order valence-electron chi connectivity index (χ1n) is 6.34. The quantitative estimate of drug-likeness (QED) is 0.215. The SMILES string of the molecule is C[C@](S)(CC(=O)OCO[N+](=O)[O-])C(=O)N1CCC[C@H]1C(=O)O. The van der Waals surface area contributed by atoms with E-state index in [0.29, 0.717) is 12.8 Å². The first-order chi connectivity index (χ1) is 10.1. The molecule has 0 bridgehead atoms. The molecule has 0 aromatic heterocycles. The van der Waals surface area contributed by atoms with E-state index in [9.17, 15) is 24.5 Å².